The summed E-state index contributed by atoms with van der Waals surface area (Å²) in [5.41, 5.74) is 0.410. The van der Waals surface area contributed by atoms with Gasteiger partial charge in [-0.05, 0) is 25.1 Å². The first-order valence-corrected chi connectivity index (χ1v) is 6.03. The van der Waals surface area contributed by atoms with Crippen LogP contribution in [0.25, 0.3) is 5.69 Å². The fourth-order valence-electron chi connectivity index (χ4n) is 1.68. The van der Waals surface area contributed by atoms with Crippen molar-refractivity contribution in [1.82, 2.24) is 14.3 Å². The fraction of sp³-hybridized carbons (Fsp3) is 0.167. The first kappa shape index (κ1) is 12.9. The molecule has 0 aliphatic rings. The lowest BCUT2D eigenvalue weighted by Gasteiger charge is -2.04. The van der Waals surface area contributed by atoms with Crippen LogP contribution in [0.15, 0.2) is 35.6 Å². The maximum atomic E-state index is 12.1. The Morgan fingerprint density at radius 1 is 1.39 bits per heavy atom. The van der Waals surface area contributed by atoms with Crippen molar-refractivity contribution in [3.8, 4) is 5.69 Å². The summed E-state index contributed by atoms with van der Waals surface area (Å²) in [5.74, 6) is 0.584. The standard InChI is InChI=1S/C12H11Cl2N3O/c1-3-6-16-12(18)17(8(2)15-16)9-4-5-10(13)11(14)7-9/h3-5,7H,1,6H2,2H3. The van der Waals surface area contributed by atoms with E-state index in [9.17, 15) is 4.79 Å². The van der Waals surface area contributed by atoms with Gasteiger partial charge in [0, 0.05) is 0 Å². The van der Waals surface area contributed by atoms with Crippen LogP contribution in [0.2, 0.25) is 10.0 Å². The predicted molar refractivity (Wildman–Crippen MR) is 72.8 cm³/mol. The fourth-order valence-corrected chi connectivity index (χ4v) is 1.97. The van der Waals surface area contributed by atoms with Crippen LogP contribution < -0.4 is 5.69 Å². The van der Waals surface area contributed by atoms with Crippen molar-refractivity contribution in [1.29, 1.82) is 0 Å². The highest BCUT2D eigenvalue weighted by molar-refractivity contribution is 6.42. The molecule has 4 nitrogen and oxygen atoms in total. The van der Waals surface area contributed by atoms with Crippen LogP contribution in [-0.2, 0) is 6.54 Å². The van der Waals surface area contributed by atoms with Gasteiger partial charge in [0.25, 0.3) is 0 Å². The van der Waals surface area contributed by atoms with Gasteiger partial charge in [0.2, 0.25) is 0 Å². The van der Waals surface area contributed by atoms with Crippen molar-refractivity contribution in [2.75, 3.05) is 0 Å². The summed E-state index contributed by atoms with van der Waals surface area (Å²) in [7, 11) is 0. The second-order valence-corrected chi connectivity index (χ2v) is 4.55. The van der Waals surface area contributed by atoms with Gasteiger partial charge in [-0.2, -0.15) is 5.10 Å². The number of nitrogens with zero attached hydrogens (tertiary/aromatic N) is 3. The number of allylic oxidation sites excluding steroid dienone is 1. The SMILES string of the molecule is C=CCn1nc(C)n(-c2ccc(Cl)c(Cl)c2)c1=O. The molecule has 0 bridgehead atoms. The van der Waals surface area contributed by atoms with Crippen LogP contribution in [-0.4, -0.2) is 14.3 Å². The lowest BCUT2D eigenvalue weighted by atomic mass is 10.3. The Bertz CT molecular complexity index is 658. The van der Waals surface area contributed by atoms with E-state index in [1.165, 1.54) is 9.25 Å². The predicted octanol–water partition coefficient (Wildman–Crippen LogP) is 2.84. The van der Waals surface area contributed by atoms with E-state index in [4.69, 9.17) is 23.2 Å². The van der Waals surface area contributed by atoms with Crippen LogP contribution in [0.1, 0.15) is 5.82 Å². The maximum absolute atomic E-state index is 12.1. The Kier molecular flexibility index (Phi) is 3.59. The number of hydrogen-bond donors (Lipinski definition) is 0. The van der Waals surface area contributed by atoms with E-state index in [0.717, 1.165) is 0 Å². The van der Waals surface area contributed by atoms with Crippen molar-refractivity contribution in [3.63, 3.8) is 0 Å². The van der Waals surface area contributed by atoms with E-state index in [-0.39, 0.29) is 5.69 Å². The van der Waals surface area contributed by atoms with Crippen molar-refractivity contribution in [2.24, 2.45) is 0 Å². The molecule has 1 heterocycles. The Morgan fingerprint density at radius 3 is 2.72 bits per heavy atom. The Balaban J connectivity index is 2.60. The van der Waals surface area contributed by atoms with Crippen molar-refractivity contribution in [2.45, 2.75) is 13.5 Å². The van der Waals surface area contributed by atoms with Gasteiger partial charge in [-0.25, -0.2) is 14.0 Å². The molecule has 18 heavy (non-hydrogen) atoms. The van der Waals surface area contributed by atoms with E-state index < -0.39 is 0 Å². The van der Waals surface area contributed by atoms with Crippen molar-refractivity contribution in [3.05, 3.63) is 57.2 Å². The second-order valence-electron chi connectivity index (χ2n) is 3.73. The third-order valence-corrected chi connectivity index (χ3v) is 3.20. The molecule has 1 aromatic heterocycles. The van der Waals surface area contributed by atoms with E-state index in [1.54, 1.807) is 31.2 Å². The Labute approximate surface area is 114 Å². The normalized spacial score (nSPS) is 10.6. The minimum Gasteiger partial charge on any atom is -0.247 e. The highest BCUT2D eigenvalue weighted by atomic mass is 35.5. The van der Waals surface area contributed by atoms with Gasteiger partial charge in [-0.3, -0.25) is 0 Å². The number of halogens is 2. The topological polar surface area (TPSA) is 39.8 Å². The minimum absolute atomic E-state index is 0.231. The molecule has 0 fully saturated rings. The van der Waals surface area contributed by atoms with Gasteiger partial charge in [-0.15, -0.1) is 6.58 Å². The second kappa shape index (κ2) is 5.00. The summed E-state index contributed by atoms with van der Waals surface area (Å²) < 4.78 is 2.82. The molecule has 0 radical (unpaired) electrons. The summed E-state index contributed by atoms with van der Waals surface area (Å²) in [6, 6.07) is 5.01. The molecule has 0 saturated heterocycles. The molecule has 0 unspecified atom stereocenters. The highest BCUT2D eigenvalue weighted by Crippen LogP contribution is 2.24. The van der Waals surface area contributed by atoms with Gasteiger partial charge < -0.3 is 0 Å². The number of hydrogen-bond acceptors (Lipinski definition) is 2. The molecule has 94 valence electrons. The molecule has 1 aromatic carbocycles. The first-order valence-electron chi connectivity index (χ1n) is 5.27. The van der Waals surface area contributed by atoms with E-state index in [0.29, 0.717) is 28.1 Å². The van der Waals surface area contributed by atoms with Crippen LogP contribution in [0.5, 0.6) is 0 Å². The van der Waals surface area contributed by atoms with Crippen LogP contribution >= 0.6 is 23.2 Å². The molecule has 0 saturated carbocycles. The van der Waals surface area contributed by atoms with Gasteiger partial charge in [0.05, 0.1) is 22.3 Å². The molecule has 2 rings (SSSR count). The number of aromatic nitrogens is 3. The van der Waals surface area contributed by atoms with E-state index in [2.05, 4.69) is 11.7 Å². The molecular formula is C12H11Cl2N3O. The average molecular weight is 284 g/mol. The van der Waals surface area contributed by atoms with Gasteiger partial charge in [0.1, 0.15) is 5.82 Å². The van der Waals surface area contributed by atoms with Crippen molar-refractivity contribution >= 4 is 23.2 Å². The molecule has 2 aromatic rings. The molecule has 0 aliphatic carbocycles. The first-order chi connectivity index (χ1) is 8.54. The zero-order valence-corrected chi connectivity index (χ0v) is 11.2. The largest absolute Gasteiger partial charge is 0.350 e. The van der Waals surface area contributed by atoms with E-state index in [1.807, 2.05) is 0 Å². The van der Waals surface area contributed by atoms with Gasteiger partial charge in [0.15, 0.2) is 0 Å². The molecule has 0 atom stereocenters. The molecule has 0 aliphatic heterocycles. The quantitative estimate of drug-likeness (QED) is 0.813. The van der Waals surface area contributed by atoms with Crippen molar-refractivity contribution < 1.29 is 0 Å². The van der Waals surface area contributed by atoms with Crippen LogP contribution in [0, 0.1) is 6.92 Å². The summed E-state index contributed by atoms with van der Waals surface area (Å²) in [6.45, 7) is 5.71. The monoisotopic (exact) mass is 283 g/mol. The zero-order valence-electron chi connectivity index (χ0n) is 9.73. The third-order valence-electron chi connectivity index (χ3n) is 2.46. The minimum atomic E-state index is -0.231. The Morgan fingerprint density at radius 2 is 2.11 bits per heavy atom. The average Bonchev–Trinajstić information content (AvgIpc) is 2.59. The molecule has 0 amide bonds. The third kappa shape index (κ3) is 2.21. The smallest absolute Gasteiger partial charge is 0.247 e. The molecule has 6 heteroatoms. The van der Waals surface area contributed by atoms with Crippen LogP contribution in [0.4, 0.5) is 0 Å². The summed E-state index contributed by atoms with van der Waals surface area (Å²) in [4.78, 5) is 12.1. The van der Waals surface area contributed by atoms with E-state index >= 15 is 0 Å². The maximum Gasteiger partial charge on any atom is 0.350 e. The molecular weight excluding hydrogens is 273 g/mol. The van der Waals surface area contributed by atoms with Gasteiger partial charge >= 0.3 is 5.69 Å². The summed E-state index contributed by atoms with van der Waals surface area (Å²) in [6.07, 6.45) is 1.62. The van der Waals surface area contributed by atoms with Crippen LogP contribution in [0.3, 0.4) is 0 Å². The Hall–Kier alpha value is -1.52. The molecule has 0 spiro atoms. The summed E-state index contributed by atoms with van der Waals surface area (Å²) in [5, 5.41) is 5.00. The van der Waals surface area contributed by atoms with Gasteiger partial charge in [-0.1, -0.05) is 29.3 Å². The summed E-state index contributed by atoms with van der Waals surface area (Å²) >= 11 is 11.8. The number of benzene rings is 1. The molecule has 0 N–H and O–H groups in total. The number of aryl methyl sites for hydroxylation is 1. The lowest BCUT2D eigenvalue weighted by molar-refractivity contribution is 0.665. The zero-order chi connectivity index (χ0) is 13.3. The lowest BCUT2D eigenvalue weighted by Crippen LogP contribution is -2.23. The number of rotatable bonds is 3. The highest BCUT2D eigenvalue weighted by Gasteiger charge is 2.11.